The molecule has 0 bridgehead atoms. The summed E-state index contributed by atoms with van der Waals surface area (Å²) >= 11 is 0. The minimum atomic E-state index is 0.134. The van der Waals surface area contributed by atoms with Crippen molar-refractivity contribution in [1.82, 2.24) is 4.98 Å². The zero-order valence-electron chi connectivity index (χ0n) is 6.66. The quantitative estimate of drug-likeness (QED) is 0.700. The molecule has 0 aromatic carbocycles. The fraction of sp³-hybridized carbons (Fsp3) is 0.375. The summed E-state index contributed by atoms with van der Waals surface area (Å²) in [5, 5.41) is 9.34. The van der Waals surface area contributed by atoms with Gasteiger partial charge in [0.25, 0.3) is 0 Å². The number of hydrogen-bond acceptors (Lipinski definition) is 3. The predicted octanol–water partition coefficient (Wildman–Crippen LogP) is 1.49. The van der Waals surface area contributed by atoms with E-state index in [-0.39, 0.29) is 5.75 Å². The molecule has 1 N–H and O–H groups in total. The number of ether oxygens (including phenoxy) is 1. The van der Waals surface area contributed by atoms with Crippen molar-refractivity contribution in [1.29, 1.82) is 0 Å². The van der Waals surface area contributed by atoms with E-state index in [2.05, 4.69) is 4.98 Å². The van der Waals surface area contributed by atoms with Gasteiger partial charge in [0.15, 0.2) is 11.5 Å². The van der Waals surface area contributed by atoms with E-state index in [1.165, 1.54) is 0 Å². The number of pyridine rings is 1. The molecule has 0 aliphatic heterocycles. The molecule has 1 aromatic heterocycles. The predicted molar refractivity (Wildman–Crippen MR) is 41.8 cm³/mol. The van der Waals surface area contributed by atoms with E-state index >= 15 is 0 Å². The number of aryl methyl sites for hydroxylation is 1. The summed E-state index contributed by atoms with van der Waals surface area (Å²) in [4.78, 5) is 3.89. The van der Waals surface area contributed by atoms with Gasteiger partial charge in [-0.1, -0.05) is 0 Å². The SMILES string of the molecule is CCOc1ccnc(C)c1O. The van der Waals surface area contributed by atoms with Crippen LogP contribution in [0.2, 0.25) is 0 Å². The molecule has 1 aromatic rings. The Hall–Kier alpha value is -1.25. The Balaban J connectivity index is 2.96. The molecule has 0 radical (unpaired) electrons. The normalized spacial score (nSPS) is 9.64. The van der Waals surface area contributed by atoms with E-state index in [0.29, 0.717) is 18.1 Å². The van der Waals surface area contributed by atoms with Crippen LogP contribution in [0, 0.1) is 6.92 Å². The number of aromatic nitrogens is 1. The zero-order chi connectivity index (χ0) is 8.27. The number of hydrogen-bond donors (Lipinski definition) is 1. The summed E-state index contributed by atoms with van der Waals surface area (Å²) in [6, 6.07) is 1.64. The number of rotatable bonds is 2. The fourth-order valence-electron chi connectivity index (χ4n) is 0.807. The van der Waals surface area contributed by atoms with E-state index in [4.69, 9.17) is 4.74 Å². The molecule has 0 spiro atoms. The van der Waals surface area contributed by atoms with Crippen LogP contribution in [0.5, 0.6) is 11.5 Å². The van der Waals surface area contributed by atoms with Crippen molar-refractivity contribution in [3.8, 4) is 11.5 Å². The molecule has 0 saturated heterocycles. The highest BCUT2D eigenvalue weighted by molar-refractivity contribution is 5.40. The van der Waals surface area contributed by atoms with Crippen molar-refractivity contribution in [2.75, 3.05) is 6.61 Å². The van der Waals surface area contributed by atoms with Crippen molar-refractivity contribution in [2.45, 2.75) is 13.8 Å². The first-order valence-corrected chi connectivity index (χ1v) is 3.53. The van der Waals surface area contributed by atoms with Crippen LogP contribution < -0.4 is 4.74 Å². The Kier molecular flexibility index (Phi) is 2.31. The molecule has 0 unspecified atom stereocenters. The van der Waals surface area contributed by atoms with Gasteiger partial charge in [-0.2, -0.15) is 0 Å². The molecule has 3 nitrogen and oxygen atoms in total. The van der Waals surface area contributed by atoms with E-state index in [9.17, 15) is 5.11 Å². The third kappa shape index (κ3) is 1.61. The van der Waals surface area contributed by atoms with Crippen molar-refractivity contribution in [3.63, 3.8) is 0 Å². The van der Waals surface area contributed by atoms with Crippen molar-refractivity contribution in [3.05, 3.63) is 18.0 Å². The summed E-state index contributed by atoms with van der Waals surface area (Å²) in [6.07, 6.45) is 1.61. The highest BCUT2D eigenvalue weighted by Crippen LogP contribution is 2.26. The van der Waals surface area contributed by atoms with Crippen LogP contribution in [-0.2, 0) is 0 Å². The summed E-state index contributed by atoms with van der Waals surface area (Å²) in [6.45, 7) is 4.16. The fourth-order valence-corrected chi connectivity index (χ4v) is 0.807. The average Bonchev–Trinajstić information content (AvgIpc) is 1.99. The Bertz CT molecular complexity index is 248. The van der Waals surface area contributed by atoms with Gasteiger partial charge in [0, 0.05) is 12.3 Å². The van der Waals surface area contributed by atoms with Gasteiger partial charge in [0.2, 0.25) is 0 Å². The monoisotopic (exact) mass is 153 g/mol. The van der Waals surface area contributed by atoms with Crippen LogP contribution in [0.25, 0.3) is 0 Å². The number of aromatic hydroxyl groups is 1. The highest BCUT2D eigenvalue weighted by atomic mass is 16.5. The largest absolute Gasteiger partial charge is 0.503 e. The smallest absolute Gasteiger partial charge is 0.179 e. The van der Waals surface area contributed by atoms with Gasteiger partial charge in [0.1, 0.15) is 0 Å². The van der Waals surface area contributed by atoms with Crippen LogP contribution in [0.1, 0.15) is 12.6 Å². The average molecular weight is 153 g/mol. The van der Waals surface area contributed by atoms with Gasteiger partial charge in [-0.15, -0.1) is 0 Å². The van der Waals surface area contributed by atoms with Crippen LogP contribution in [0.15, 0.2) is 12.3 Å². The molecule has 0 aliphatic rings. The maximum atomic E-state index is 9.34. The van der Waals surface area contributed by atoms with Crippen LogP contribution in [-0.4, -0.2) is 16.7 Å². The number of nitrogens with zero attached hydrogens (tertiary/aromatic N) is 1. The first-order chi connectivity index (χ1) is 5.25. The molecule has 1 heterocycles. The summed E-state index contributed by atoms with van der Waals surface area (Å²) in [5.41, 5.74) is 0.593. The van der Waals surface area contributed by atoms with E-state index in [0.717, 1.165) is 0 Å². The first kappa shape index (κ1) is 7.85. The second kappa shape index (κ2) is 3.23. The molecule has 1 rings (SSSR count). The molecule has 11 heavy (non-hydrogen) atoms. The Morgan fingerprint density at radius 3 is 3.00 bits per heavy atom. The van der Waals surface area contributed by atoms with Crippen LogP contribution >= 0.6 is 0 Å². The lowest BCUT2D eigenvalue weighted by atomic mass is 10.3. The van der Waals surface area contributed by atoms with E-state index in [1.54, 1.807) is 19.2 Å². The Labute approximate surface area is 65.7 Å². The maximum absolute atomic E-state index is 9.34. The van der Waals surface area contributed by atoms with Gasteiger partial charge in [-0.25, -0.2) is 0 Å². The van der Waals surface area contributed by atoms with E-state index < -0.39 is 0 Å². The van der Waals surface area contributed by atoms with E-state index in [1.807, 2.05) is 6.92 Å². The van der Waals surface area contributed by atoms with Crippen molar-refractivity contribution >= 4 is 0 Å². The Morgan fingerprint density at radius 2 is 2.36 bits per heavy atom. The van der Waals surface area contributed by atoms with Gasteiger partial charge in [-0.3, -0.25) is 4.98 Å². The first-order valence-electron chi connectivity index (χ1n) is 3.53. The van der Waals surface area contributed by atoms with Gasteiger partial charge in [0.05, 0.1) is 12.3 Å². The zero-order valence-corrected chi connectivity index (χ0v) is 6.66. The molecule has 60 valence electrons. The maximum Gasteiger partial charge on any atom is 0.179 e. The minimum absolute atomic E-state index is 0.134. The Morgan fingerprint density at radius 1 is 1.64 bits per heavy atom. The topological polar surface area (TPSA) is 42.4 Å². The second-order valence-electron chi connectivity index (χ2n) is 2.18. The molecular weight excluding hydrogens is 142 g/mol. The van der Waals surface area contributed by atoms with Crippen LogP contribution in [0.3, 0.4) is 0 Å². The summed E-state index contributed by atoms with van der Waals surface area (Å²) < 4.78 is 5.13. The molecule has 0 aliphatic carbocycles. The molecular formula is C8H11NO2. The lowest BCUT2D eigenvalue weighted by Gasteiger charge is -2.05. The second-order valence-corrected chi connectivity index (χ2v) is 2.18. The highest BCUT2D eigenvalue weighted by Gasteiger charge is 2.03. The van der Waals surface area contributed by atoms with Crippen molar-refractivity contribution < 1.29 is 9.84 Å². The molecule has 0 amide bonds. The lowest BCUT2D eigenvalue weighted by molar-refractivity contribution is 0.316. The van der Waals surface area contributed by atoms with Gasteiger partial charge < -0.3 is 9.84 Å². The molecule has 0 atom stereocenters. The van der Waals surface area contributed by atoms with Gasteiger partial charge in [-0.05, 0) is 13.8 Å². The van der Waals surface area contributed by atoms with Crippen molar-refractivity contribution in [2.24, 2.45) is 0 Å². The minimum Gasteiger partial charge on any atom is -0.503 e. The van der Waals surface area contributed by atoms with Gasteiger partial charge >= 0.3 is 0 Å². The summed E-state index contributed by atoms with van der Waals surface area (Å²) in [5.74, 6) is 0.634. The molecule has 0 fully saturated rings. The summed E-state index contributed by atoms with van der Waals surface area (Å²) in [7, 11) is 0. The molecule has 0 saturated carbocycles. The standard InChI is InChI=1S/C8H11NO2/c1-3-11-7-4-5-9-6(2)8(7)10/h4-5,10H,3H2,1-2H3. The lowest BCUT2D eigenvalue weighted by Crippen LogP contribution is -1.93. The third-order valence-electron chi connectivity index (χ3n) is 1.37. The molecule has 3 heteroatoms. The van der Waals surface area contributed by atoms with Crippen LogP contribution in [0.4, 0.5) is 0 Å². The third-order valence-corrected chi connectivity index (χ3v) is 1.37.